The van der Waals surface area contributed by atoms with Crippen molar-refractivity contribution in [3.8, 4) is 0 Å². The van der Waals surface area contributed by atoms with E-state index in [1.54, 1.807) is 25.1 Å². The summed E-state index contributed by atoms with van der Waals surface area (Å²) >= 11 is 0. The molecule has 2 amide bonds. The van der Waals surface area contributed by atoms with Crippen LogP contribution in [-0.2, 0) is 4.79 Å². The highest BCUT2D eigenvalue weighted by atomic mass is 16.2. The van der Waals surface area contributed by atoms with Gasteiger partial charge in [0.15, 0.2) is 0 Å². The maximum absolute atomic E-state index is 12.0. The molecule has 5 nitrogen and oxygen atoms in total. The van der Waals surface area contributed by atoms with Crippen LogP contribution in [0.3, 0.4) is 0 Å². The molecule has 102 valence electrons. The molecule has 1 unspecified atom stereocenters. The van der Waals surface area contributed by atoms with E-state index in [1.807, 2.05) is 6.92 Å². The number of anilines is 1. The van der Waals surface area contributed by atoms with E-state index in [9.17, 15) is 9.59 Å². The molecule has 0 saturated heterocycles. The van der Waals surface area contributed by atoms with Crippen molar-refractivity contribution < 1.29 is 9.59 Å². The van der Waals surface area contributed by atoms with Crippen molar-refractivity contribution in [2.24, 2.45) is 0 Å². The van der Waals surface area contributed by atoms with E-state index >= 15 is 0 Å². The zero-order chi connectivity index (χ0) is 14.0. The van der Waals surface area contributed by atoms with Crippen LogP contribution in [0.15, 0.2) is 18.2 Å². The first-order valence-corrected chi connectivity index (χ1v) is 6.44. The SMILES string of the molecule is Cc1cc(C(=O)NC(C)C(=O)NC2CC2)ccc1N. The van der Waals surface area contributed by atoms with Crippen LogP contribution < -0.4 is 16.4 Å². The van der Waals surface area contributed by atoms with Gasteiger partial charge in [-0.05, 0) is 50.5 Å². The summed E-state index contributed by atoms with van der Waals surface area (Å²) < 4.78 is 0. The monoisotopic (exact) mass is 261 g/mol. The van der Waals surface area contributed by atoms with Crippen molar-refractivity contribution in [1.29, 1.82) is 0 Å². The molecule has 0 radical (unpaired) electrons. The fraction of sp³-hybridized carbons (Fsp3) is 0.429. The molecule has 4 N–H and O–H groups in total. The highest BCUT2D eigenvalue weighted by Gasteiger charge is 2.26. The number of benzene rings is 1. The van der Waals surface area contributed by atoms with Crippen LogP contribution in [0.2, 0.25) is 0 Å². The van der Waals surface area contributed by atoms with Gasteiger partial charge in [-0.1, -0.05) is 0 Å². The predicted octanol–water partition coefficient (Wildman–Crippen LogP) is 0.974. The number of nitrogens with one attached hydrogen (secondary N) is 2. The third-order valence-corrected chi connectivity index (χ3v) is 3.20. The van der Waals surface area contributed by atoms with Gasteiger partial charge in [-0.25, -0.2) is 0 Å². The first kappa shape index (κ1) is 13.4. The van der Waals surface area contributed by atoms with E-state index in [0.717, 1.165) is 18.4 Å². The van der Waals surface area contributed by atoms with Gasteiger partial charge >= 0.3 is 0 Å². The van der Waals surface area contributed by atoms with Crippen molar-refractivity contribution >= 4 is 17.5 Å². The lowest BCUT2D eigenvalue weighted by Crippen LogP contribution is -2.45. The lowest BCUT2D eigenvalue weighted by molar-refractivity contribution is -0.122. The molecule has 5 heteroatoms. The summed E-state index contributed by atoms with van der Waals surface area (Å²) in [7, 11) is 0. The number of nitrogen functional groups attached to an aromatic ring is 1. The van der Waals surface area contributed by atoms with Crippen LogP contribution in [0.4, 0.5) is 5.69 Å². The van der Waals surface area contributed by atoms with E-state index in [0.29, 0.717) is 17.3 Å². The van der Waals surface area contributed by atoms with E-state index < -0.39 is 6.04 Å². The maximum atomic E-state index is 12.0. The molecular weight excluding hydrogens is 242 g/mol. The van der Waals surface area contributed by atoms with Gasteiger partial charge in [-0.3, -0.25) is 9.59 Å². The number of amides is 2. The van der Waals surface area contributed by atoms with Gasteiger partial charge in [0.2, 0.25) is 5.91 Å². The summed E-state index contributed by atoms with van der Waals surface area (Å²) in [5.74, 6) is -0.399. The molecular formula is C14H19N3O2. The van der Waals surface area contributed by atoms with E-state index in [1.165, 1.54) is 0 Å². The fourth-order valence-corrected chi connectivity index (χ4v) is 1.72. The Kier molecular flexibility index (Phi) is 3.74. The van der Waals surface area contributed by atoms with Crippen LogP contribution in [0.25, 0.3) is 0 Å². The number of carbonyl (C=O) groups is 2. The molecule has 1 aliphatic carbocycles. The third kappa shape index (κ3) is 3.47. The van der Waals surface area contributed by atoms with Gasteiger partial charge < -0.3 is 16.4 Å². The average Bonchev–Trinajstić information content (AvgIpc) is 3.16. The van der Waals surface area contributed by atoms with Gasteiger partial charge in [-0.15, -0.1) is 0 Å². The van der Waals surface area contributed by atoms with Crippen molar-refractivity contribution in [2.45, 2.75) is 38.8 Å². The molecule has 1 atom stereocenters. The lowest BCUT2D eigenvalue weighted by Gasteiger charge is -2.14. The number of rotatable bonds is 4. The van der Waals surface area contributed by atoms with Gasteiger partial charge in [0, 0.05) is 17.3 Å². The van der Waals surface area contributed by atoms with Gasteiger partial charge in [0.1, 0.15) is 6.04 Å². The second-order valence-electron chi connectivity index (χ2n) is 5.05. The zero-order valence-electron chi connectivity index (χ0n) is 11.2. The van der Waals surface area contributed by atoms with Crippen molar-refractivity contribution in [3.05, 3.63) is 29.3 Å². The number of hydrogen-bond acceptors (Lipinski definition) is 3. The fourth-order valence-electron chi connectivity index (χ4n) is 1.72. The smallest absolute Gasteiger partial charge is 0.251 e. The van der Waals surface area contributed by atoms with Gasteiger partial charge in [0.25, 0.3) is 5.91 Å². The first-order chi connectivity index (χ1) is 8.97. The van der Waals surface area contributed by atoms with Crippen molar-refractivity contribution in [2.75, 3.05) is 5.73 Å². The highest BCUT2D eigenvalue weighted by molar-refractivity contribution is 5.97. The molecule has 0 aromatic heterocycles. The normalized spacial score (nSPS) is 15.7. The Labute approximate surface area is 112 Å². The number of nitrogens with two attached hydrogens (primary N) is 1. The van der Waals surface area contributed by atoms with Crippen LogP contribution >= 0.6 is 0 Å². The molecule has 19 heavy (non-hydrogen) atoms. The van der Waals surface area contributed by atoms with Gasteiger partial charge in [-0.2, -0.15) is 0 Å². The number of carbonyl (C=O) groups excluding carboxylic acids is 2. The second kappa shape index (κ2) is 5.30. The minimum atomic E-state index is -0.536. The molecule has 2 rings (SSSR count). The molecule has 1 aliphatic rings. The topological polar surface area (TPSA) is 84.2 Å². The summed E-state index contributed by atoms with van der Waals surface area (Å²) in [4.78, 5) is 23.7. The largest absolute Gasteiger partial charge is 0.399 e. The van der Waals surface area contributed by atoms with Crippen LogP contribution in [0.5, 0.6) is 0 Å². The maximum Gasteiger partial charge on any atom is 0.251 e. The second-order valence-corrected chi connectivity index (χ2v) is 5.05. The number of hydrogen-bond donors (Lipinski definition) is 3. The summed E-state index contributed by atoms with van der Waals surface area (Å²) in [6, 6.07) is 4.83. The summed E-state index contributed by atoms with van der Waals surface area (Å²) in [5, 5.41) is 5.54. The van der Waals surface area contributed by atoms with E-state index in [4.69, 9.17) is 5.73 Å². The molecule has 1 fully saturated rings. The van der Waals surface area contributed by atoms with Crippen LogP contribution in [0.1, 0.15) is 35.7 Å². The summed E-state index contributed by atoms with van der Waals surface area (Å²) in [5.41, 5.74) is 7.72. The Bertz CT molecular complexity index is 509. The average molecular weight is 261 g/mol. The third-order valence-electron chi connectivity index (χ3n) is 3.20. The molecule has 1 saturated carbocycles. The molecule has 0 heterocycles. The summed E-state index contributed by atoms with van der Waals surface area (Å²) in [6.45, 7) is 3.52. The molecule has 0 bridgehead atoms. The van der Waals surface area contributed by atoms with Crippen LogP contribution in [0, 0.1) is 6.92 Å². The Morgan fingerprint density at radius 1 is 1.37 bits per heavy atom. The van der Waals surface area contributed by atoms with E-state index in [-0.39, 0.29) is 11.8 Å². The zero-order valence-corrected chi connectivity index (χ0v) is 11.2. The van der Waals surface area contributed by atoms with E-state index in [2.05, 4.69) is 10.6 Å². The molecule has 0 spiro atoms. The molecule has 0 aliphatic heterocycles. The number of aryl methyl sites for hydroxylation is 1. The standard InChI is InChI=1S/C14H19N3O2/c1-8-7-10(3-6-12(8)15)14(19)16-9(2)13(18)17-11-4-5-11/h3,6-7,9,11H,4-5,15H2,1-2H3,(H,16,19)(H,17,18). The molecule has 1 aromatic carbocycles. The van der Waals surface area contributed by atoms with Crippen molar-refractivity contribution in [1.82, 2.24) is 10.6 Å². The minimum Gasteiger partial charge on any atom is -0.399 e. The first-order valence-electron chi connectivity index (χ1n) is 6.44. The highest BCUT2D eigenvalue weighted by Crippen LogP contribution is 2.18. The Balaban J connectivity index is 1.95. The Morgan fingerprint density at radius 2 is 2.05 bits per heavy atom. The summed E-state index contributed by atoms with van der Waals surface area (Å²) in [6.07, 6.45) is 2.06. The quantitative estimate of drug-likeness (QED) is 0.706. The molecule has 1 aromatic rings. The predicted molar refractivity (Wildman–Crippen MR) is 73.7 cm³/mol. The lowest BCUT2D eigenvalue weighted by atomic mass is 10.1. The Morgan fingerprint density at radius 3 is 2.63 bits per heavy atom. The Hall–Kier alpha value is -2.04. The minimum absolute atomic E-state index is 0.136. The van der Waals surface area contributed by atoms with Gasteiger partial charge in [0.05, 0.1) is 0 Å². The van der Waals surface area contributed by atoms with Crippen molar-refractivity contribution in [3.63, 3.8) is 0 Å². The van der Waals surface area contributed by atoms with Crippen LogP contribution in [-0.4, -0.2) is 23.9 Å².